The predicted octanol–water partition coefficient (Wildman–Crippen LogP) is -7.41. The van der Waals surface area contributed by atoms with Crippen LogP contribution in [0.5, 0.6) is 0 Å². The summed E-state index contributed by atoms with van der Waals surface area (Å²) in [6, 6.07) is 0. The number of halogens is 3. The molecule has 0 spiro atoms. The first-order valence-electron chi connectivity index (χ1n) is 2.49. The molecule has 0 aliphatic heterocycles. The van der Waals surface area contributed by atoms with Gasteiger partial charge < -0.3 is 10.0 Å². The van der Waals surface area contributed by atoms with E-state index in [1.54, 1.807) is 0 Å². The molecule has 60 valence electrons. The molecule has 0 aromatic carbocycles. The Labute approximate surface area is 162 Å². The third-order valence-corrected chi connectivity index (χ3v) is 1.79. The number of hydrogen-bond donors (Lipinski definition) is 0. The fourth-order valence-corrected chi connectivity index (χ4v) is 1.22. The Kier molecular flexibility index (Phi) is 11.1. The molecule has 1 rings (SSSR count). The smallest absolute Gasteiger partial charge is 0.889 e. The van der Waals surface area contributed by atoms with Crippen LogP contribution in [0.2, 0.25) is 0 Å². The largest absolute Gasteiger partial charge is 1.00 e. The molecule has 1 aromatic rings. The summed E-state index contributed by atoms with van der Waals surface area (Å²) < 4.78 is 36.6. The standard InChI is InChI=1S/C4BF3O2S.2K/c6-2-1(5(9)10)3(7)11-4(2)8;;/q-2;2*+1. The molecule has 0 aliphatic rings. The molecular formula is C4BF3K2O2S. The molecule has 2 nitrogen and oxygen atoms in total. The molecule has 1 aromatic heterocycles. The molecule has 0 N–H and O–H groups in total. The molecule has 0 bridgehead atoms. The van der Waals surface area contributed by atoms with Crippen LogP contribution in [0.4, 0.5) is 13.2 Å². The maximum Gasteiger partial charge on any atom is 1.00 e. The molecule has 0 saturated heterocycles. The maximum absolute atomic E-state index is 12.3. The number of hydrogen-bond acceptors (Lipinski definition) is 3. The molecule has 0 fully saturated rings. The van der Waals surface area contributed by atoms with Crippen molar-refractivity contribution in [3.05, 3.63) is 16.1 Å². The van der Waals surface area contributed by atoms with Gasteiger partial charge in [-0.05, 0) is 5.46 Å². The van der Waals surface area contributed by atoms with Gasteiger partial charge in [-0.1, -0.05) is 18.5 Å². The first-order valence-corrected chi connectivity index (χ1v) is 3.30. The molecule has 13 heavy (non-hydrogen) atoms. The zero-order valence-corrected chi connectivity index (χ0v) is 14.0. The van der Waals surface area contributed by atoms with E-state index in [4.69, 9.17) is 0 Å². The molecule has 0 atom stereocenters. The summed E-state index contributed by atoms with van der Waals surface area (Å²) in [4.78, 5) is 0. The average Bonchev–Trinajstić information content (AvgIpc) is 2.07. The molecule has 0 unspecified atom stereocenters. The van der Waals surface area contributed by atoms with Crippen LogP contribution in [0, 0.1) is 16.1 Å². The van der Waals surface area contributed by atoms with Gasteiger partial charge in [-0.2, -0.15) is 8.78 Å². The van der Waals surface area contributed by atoms with Crippen LogP contribution in [-0.4, -0.2) is 7.12 Å². The van der Waals surface area contributed by atoms with Crippen LogP contribution in [-0.2, 0) is 0 Å². The summed E-state index contributed by atoms with van der Waals surface area (Å²) in [5.41, 5.74) is -1.26. The second kappa shape index (κ2) is 7.93. The van der Waals surface area contributed by atoms with Gasteiger partial charge in [0.25, 0.3) is 0 Å². The van der Waals surface area contributed by atoms with Crippen LogP contribution < -0.4 is 118 Å². The Morgan fingerprint density at radius 3 is 1.62 bits per heavy atom. The Morgan fingerprint density at radius 1 is 1.00 bits per heavy atom. The molecule has 0 aliphatic carbocycles. The van der Waals surface area contributed by atoms with E-state index in [9.17, 15) is 23.2 Å². The molecule has 1 heterocycles. The van der Waals surface area contributed by atoms with E-state index in [2.05, 4.69) is 0 Å². The second-order valence-corrected chi connectivity index (χ2v) is 2.63. The summed E-state index contributed by atoms with van der Waals surface area (Å²) in [7, 11) is -2.81. The van der Waals surface area contributed by atoms with Crippen LogP contribution in [0.25, 0.3) is 0 Å². The van der Waals surface area contributed by atoms with Gasteiger partial charge in [0.05, 0.1) is 0 Å². The van der Waals surface area contributed by atoms with Crippen molar-refractivity contribution < 1.29 is 126 Å². The van der Waals surface area contributed by atoms with E-state index in [1.165, 1.54) is 0 Å². The van der Waals surface area contributed by atoms with Crippen molar-refractivity contribution in [1.29, 1.82) is 0 Å². The van der Waals surface area contributed by atoms with Gasteiger partial charge in [0.15, 0.2) is 10.9 Å². The van der Waals surface area contributed by atoms with Crippen molar-refractivity contribution in [3.63, 3.8) is 0 Å². The van der Waals surface area contributed by atoms with Gasteiger partial charge >= 0.3 is 103 Å². The monoisotopic (exact) mass is 258 g/mol. The summed E-state index contributed by atoms with van der Waals surface area (Å²) in [6.07, 6.45) is 0. The van der Waals surface area contributed by atoms with E-state index in [0.717, 1.165) is 0 Å². The Morgan fingerprint density at radius 2 is 1.46 bits per heavy atom. The normalized spacial score (nSPS) is 8.69. The average molecular weight is 258 g/mol. The molecule has 0 saturated carbocycles. The minimum atomic E-state index is -2.81. The first-order chi connectivity index (χ1) is 5.04. The summed E-state index contributed by atoms with van der Waals surface area (Å²) in [5, 5.41) is 17.1. The van der Waals surface area contributed by atoms with E-state index < -0.39 is 28.7 Å². The quantitative estimate of drug-likeness (QED) is 0.470. The summed E-state index contributed by atoms with van der Waals surface area (Å²) in [5.74, 6) is -1.66. The van der Waals surface area contributed by atoms with E-state index >= 15 is 0 Å². The van der Waals surface area contributed by atoms with E-state index in [1.807, 2.05) is 0 Å². The fraction of sp³-hybridized carbons (Fsp3) is 0. The van der Waals surface area contributed by atoms with Crippen LogP contribution in [0.15, 0.2) is 0 Å². The fourth-order valence-electron chi connectivity index (χ4n) is 0.567. The van der Waals surface area contributed by atoms with Crippen LogP contribution in [0.3, 0.4) is 0 Å². The SMILES string of the molecule is [K+].[K+].[O-]B([O-])c1c(F)sc(F)c1F. The van der Waals surface area contributed by atoms with Gasteiger partial charge in [0.1, 0.15) is 0 Å². The first kappa shape index (κ1) is 18.1. The van der Waals surface area contributed by atoms with Crippen molar-refractivity contribution in [2.24, 2.45) is 0 Å². The van der Waals surface area contributed by atoms with Crippen molar-refractivity contribution >= 4 is 23.9 Å². The topological polar surface area (TPSA) is 46.1 Å². The Balaban J connectivity index is 0. The molecule has 0 radical (unpaired) electrons. The molecular weight excluding hydrogens is 258 g/mol. The minimum Gasteiger partial charge on any atom is -0.889 e. The van der Waals surface area contributed by atoms with Gasteiger partial charge in [-0.25, -0.2) is 4.39 Å². The zero-order valence-electron chi connectivity index (χ0n) is 6.94. The predicted molar refractivity (Wildman–Crippen MR) is 29.6 cm³/mol. The van der Waals surface area contributed by atoms with E-state index in [-0.39, 0.29) is 114 Å². The number of thiophene rings is 1. The Bertz CT molecular complexity index is 283. The number of rotatable bonds is 1. The summed E-state index contributed by atoms with van der Waals surface area (Å²) >= 11 is -0.184. The molecule has 9 heteroatoms. The molecule has 0 amide bonds. The van der Waals surface area contributed by atoms with Crippen LogP contribution in [0.1, 0.15) is 0 Å². The van der Waals surface area contributed by atoms with Crippen molar-refractivity contribution in [2.45, 2.75) is 0 Å². The van der Waals surface area contributed by atoms with Crippen molar-refractivity contribution in [2.75, 3.05) is 0 Å². The van der Waals surface area contributed by atoms with Gasteiger partial charge in [-0.15, -0.1) is 0 Å². The summed E-state index contributed by atoms with van der Waals surface area (Å²) in [6.45, 7) is 0. The van der Waals surface area contributed by atoms with Crippen LogP contribution >= 0.6 is 11.3 Å². The second-order valence-electron chi connectivity index (χ2n) is 1.71. The zero-order chi connectivity index (χ0) is 8.59. The van der Waals surface area contributed by atoms with Crippen molar-refractivity contribution in [1.82, 2.24) is 0 Å². The minimum absolute atomic E-state index is 0. The maximum atomic E-state index is 12.3. The third-order valence-electron chi connectivity index (χ3n) is 1.04. The van der Waals surface area contributed by atoms with E-state index in [0.29, 0.717) is 0 Å². The third kappa shape index (κ3) is 4.63. The van der Waals surface area contributed by atoms with Gasteiger partial charge in [-0.3, -0.25) is 0 Å². The van der Waals surface area contributed by atoms with Gasteiger partial charge in [0, 0.05) is 0 Å². The van der Waals surface area contributed by atoms with Crippen molar-refractivity contribution in [3.8, 4) is 0 Å². The van der Waals surface area contributed by atoms with Gasteiger partial charge in [0.2, 0.25) is 5.13 Å². The Hall–Kier alpha value is 2.75.